The third kappa shape index (κ3) is 1.85. The maximum absolute atomic E-state index is 4.43. The lowest BCUT2D eigenvalue weighted by molar-refractivity contribution is 1.41. The Labute approximate surface area is 124 Å². The Balaban J connectivity index is 2.05. The molecule has 0 radical (unpaired) electrons. The summed E-state index contributed by atoms with van der Waals surface area (Å²) >= 11 is 3.25. The molecule has 0 aliphatic heterocycles. The van der Waals surface area contributed by atoms with Gasteiger partial charge in [0, 0.05) is 21.9 Å². The first-order valence-electron chi connectivity index (χ1n) is 6.22. The van der Waals surface area contributed by atoms with E-state index < -0.39 is 0 Å². The topological polar surface area (TPSA) is 25.8 Å². The van der Waals surface area contributed by atoms with Crippen molar-refractivity contribution < 1.29 is 0 Å². The van der Waals surface area contributed by atoms with Crippen molar-refractivity contribution in [2.24, 2.45) is 0 Å². The minimum atomic E-state index is 1.04. The fourth-order valence-electron chi connectivity index (χ4n) is 2.44. The summed E-state index contributed by atoms with van der Waals surface area (Å²) < 4.78 is 0. The van der Waals surface area contributed by atoms with E-state index in [9.17, 15) is 0 Å². The summed E-state index contributed by atoms with van der Waals surface area (Å²) in [5, 5.41) is 6.63. The highest BCUT2D eigenvalue weighted by Gasteiger charge is 2.10. The molecule has 4 heteroatoms. The number of thiazole rings is 2. The van der Waals surface area contributed by atoms with Crippen LogP contribution in [0.3, 0.4) is 0 Å². The molecule has 96 valence electrons. The van der Waals surface area contributed by atoms with E-state index in [0.29, 0.717) is 0 Å². The molecule has 0 atom stereocenters. The van der Waals surface area contributed by atoms with Crippen molar-refractivity contribution >= 4 is 33.4 Å². The maximum atomic E-state index is 4.43. The Morgan fingerprint density at radius 3 is 1.55 bits per heavy atom. The van der Waals surface area contributed by atoms with E-state index in [2.05, 4.69) is 57.1 Å². The predicted octanol–water partition coefficient (Wildman–Crippen LogP) is 5.09. The first-order chi connectivity index (χ1) is 9.93. The molecule has 0 aliphatic rings. The molecule has 0 saturated carbocycles. The van der Waals surface area contributed by atoms with E-state index >= 15 is 0 Å². The molecular weight excluding hydrogens is 284 g/mol. The zero-order chi connectivity index (χ0) is 13.4. The summed E-state index contributed by atoms with van der Waals surface area (Å²) in [5.41, 5.74) is 8.19. The van der Waals surface area contributed by atoms with Gasteiger partial charge in [0.05, 0.1) is 22.4 Å². The number of fused-ring (bicyclic) bond motifs is 1. The maximum Gasteiger partial charge on any atom is 0.0817 e. The van der Waals surface area contributed by atoms with Crippen LogP contribution >= 0.6 is 22.7 Å². The second-order valence-electron chi connectivity index (χ2n) is 4.45. The Morgan fingerprint density at radius 2 is 1.15 bits per heavy atom. The lowest BCUT2D eigenvalue weighted by Gasteiger charge is -2.08. The zero-order valence-electron chi connectivity index (χ0n) is 10.5. The molecule has 2 nitrogen and oxygen atoms in total. The van der Waals surface area contributed by atoms with E-state index in [1.807, 2.05) is 11.0 Å². The first kappa shape index (κ1) is 11.8. The van der Waals surface area contributed by atoms with Crippen LogP contribution in [-0.2, 0) is 0 Å². The lowest BCUT2D eigenvalue weighted by Crippen LogP contribution is -1.85. The Hall–Kier alpha value is -2.04. The zero-order valence-corrected chi connectivity index (χ0v) is 12.1. The van der Waals surface area contributed by atoms with Crippen molar-refractivity contribution in [3.8, 4) is 22.5 Å². The van der Waals surface area contributed by atoms with Crippen LogP contribution in [0.5, 0.6) is 0 Å². The van der Waals surface area contributed by atoms with Gasteiger partial charge in [0.2, 0.25) is 0 Å². The van der Waals surface area contributed by atoms with Gasteiger partial charge >= 0.3 is 0 Å². The molecule has 0 saturated heterocycles. The summed E-state index contributed by atoms with van der Waals surface area (Å²) in [4.78, 5) is 8.87. The molecule has 0 N–H and O–H groups in total. The second-order valence-corrected chi connectivity index (χ2v) is 5.89. The first-order valence-corrected chi connectivity index (χ1v) is 8.11. The van der Waals surface area contributed by atoms with Crippen molar-refractivity contribution in [1.29, 1.82) is 0 Å². The quantitative estimate of drug-likeness (QED) is 0.515. The molecule has 4 aromatic rings. The summed E-state index contributed by atoms with van der Waals surface area (Å²) in [6.07, 6.45) is 0. The number of hydrogen-bond donors (Lipinski definition) is 0. The number of aromatic nitrogens is 2. The van der Waals surface area contributed by atoms with Crippen LogP contribution in [0.4, 0.5) is 0 Å². The van der Waals surface area contributed by atoms with E-state index in [0.717, 1.165) is 11.4 Å². The largest absolute Gasteiger partial charge is 0.245 e. The SMILES string of the molecule is c1ccc2c(-c3cscn3)ccc(-c3cscn3)c2c1. The van der Waals surface area contributed by atoms with Crippen molar-refractivity contribution in [1.82, 2.24) is 9.97 Å². The van der Waals surface area contributed by atoms with Crippen molar-refractivity contribution in [2.75, 3.05) is 0 Å². The van der Waals surface area contributed by atoms with Gasteiger partial charge in [-0.05, 0) is 10.8 Å². The molecular formula is C16H10N2S2. The Morgan fingerprint density at radius 1 is 0.650 bits per heavy atom. The van der Waals surface area contributed by atoms with Gasteiger partial charge in [-0.2, -0.15) is 0 Å². The summed E-state index contributed by atoms with van der Waals surface area (Å²) in [5.74, 6) is 0. The van der Waals surface area contributed by atoms with Crippen LogP contribution in [0.25, 0.3) is 33.3 Å². The fourth-order valence-corrected chi connectivity index (χ4v) is 3.54. The standard InChI is InChI=1S/C16H10N2S2/c1-2-4-12-11(3-1)13(15-7-19-9-17-15)5-6-14(12)16-8-20-10-18-16/h1-10H. The highest BCUT2D eigenvalue weighted by molar-refractivity contribution is 7.08. The van der Waals surface area contributed by atoms with Crippen LogP contribution in [0, 0.1) is 0 Å². The number of benzene rings is 2. The van der Waals surface area contributed by atoms with E-state index in [1.165, 1.54) is 21.9 Å². The fraction of sp³-hybridized carbons (Fsp3) is 0. The third-order valence-corrected chi connectivity index (χ3v) is 4.51. The molecule has 0 unspecified atom stereocenters. The van der Waals surface area contributed by atoms with Gasteiger partial charge < -0.3 is 0 Å². The molecule has 20 heavy (non-hydrogen) atoms. The van der Waals surface area contributed by atoms with Gasteiger partial charge in [0.1, 0.15) is 0 Å². The van der Waals surface area contributed by atoms with Crippen LogP contribution in [-0.4, -0.2) is 9.97 Å². The highest BCUT2D eigenvalue weighted by atomic mass is 32.1. The molecule has 2 aromatic heterocycles. The monoisotopic (exact) mass is 294 g/mol. The minimum Gasteiger partial charge on any atom is -0.245 e. The Bertz CT molecular complexity index is 777. The minimum absolute atomic E-state index is 1.04. The van der Waals surface area contributed by atoms with Crippen LogP contribution in [0.1, 0.15) is 0 Å². The summed E-state index contributed by atoms with van der Waals surface area (Å²) in [6, 6.07) is 12.7. The smallest absolute Gasteiger partial charge is 0.0817 e. The predicted molar refractivity (Wildman–Crippen MR) is 86.2 cm³/mol. The molecule has 0 fully saturated rings. The summed E-state index contributed by atoms with van der Waals surface area (Å²) in [6.45, 7) is 0. The molecule has 0 spiro atoms. The molecule has 0 amide bonds. The second kappa shape index (κ2) is 4.81. The van der Waals surface area contributed by atoms with Crippen LogP contribution in [0.15, 0.2) is 58.2 Å². The van der Waals surface area contributed by atoms with Crippen molar-refractivity contribution in [3.05, 3.63) is 58.2 Å². The van der Waals surface area contributed by atoms with E-state index in [1.54, 1.807) is 22.7 Å². The van der Waals surface area contributed by atoms with Crippen LogP contribution < -0.4 is 0 Å². The number of nitrogens with zero attached hydrogens (tertiary/aromatic N) is 2. The molecule has 2 aromatic carbocycles. The Kier molecular flexibility index (Phi) is 2.83. The normalized spacial score (nSPS) is 11.0. The molecule has 2 heterocycles. The average Bonchev–Trinajstić information content (AvgIpc) is 3.19. The van der Waals surface area contributed by atoms with Gasteiger partial charge in [-0.1, -0.05) is 36.4 Å². The van der Waals surface area contributed by atoms with Crippen molar-refractivity contribution in [2.45, 2.75) is 0 Å². The lowest BCUT2D eigenvalue weighted by atomic mass is 9.97. The summed E-state index contributed by atoms with van der Waals surface area (Å²) in [7, 11) is 0. The van der Waals surface area contributed by atoms with Gasteiger partial charge in [-0.25, -0.2) is 9.97 Å². The van der Waals surface area contributed by atoms with E-state index in [4.69, 9.17) is 0 Å². The van der Waals surface area contributed by atoms with Gasteiger partial charge in [-0.15, -0.1) is 22.7 Å². The van der Waals surface area contributed by atoms with Gasteiger partial charge in [0.25, 0.3) is 0 Å². The number of rotatable bonds is 2. The van der Waals surface area contributed by atoms with Crippen LogP contribution in [0.2, 0.25) is 0 Å². The van der Waals surface area contributed by atoms with Crippen molar-refractivity contribution in [3.63, 3.8) is 0 Å². The van der Waals surface area contributed by atoms with E-state index in [-0.39, 0.29) is 0 Å². The number of hydrogen-bond acceptors (Lipinski definition) is 4. The van der Waals surface area contributed by atoms with Gasteiger partial charge in [-0.3, -0.25) is 0 Å². The van der Waals surface area contributed by atoms with Gasteiger partial charge in [0.15, 0.2) is 0 Å². The highest BCUT2D eigenvalue weighted by Crippen LogP contribution is 2.35. The molecule has 0 bridgehead atoms. The average molecular weight is 294 g/mol. The molecule has 0 aliphatic carbocycles. The molecule has 4 rings (SSSR count). The third-order valence-electron chi connectivity index (χ3n) is 3.34.